The van der Waals surface area contributed by atoms with Gasteiger partial charge in [-0.3, -0.25) is 0 Å². The lowest BCUT2D eigenvalue weighted by atomic mass is 9.96. The van der Waals surface area contributed by atoms with Crippen LogP contribution in [0.3, 0.4) is 0 Å². The lowest BCUT2D eigenvalue weighted by Gasteiger charge is -2.17. The smallest absolute Gasteiger partial charge is 0.196 e. The summed E-state index contributed by atoms with van der Waals surface area (Å²) in [6.45, 7) is 15.8. The Bertz CT molecular complexity index is 4490. The zero-order chi connectivity index (χ0) is 51.3. The van der Waals surface area contributed by atoms with Gasteiger partial charge >= 0.3 is 0 Å². The van der Waals surface area contributed by atoms with E-state index in [-0.39, 0.29) is 0 Å². The quantitative estimate of drug-likeness (QED) is 0.141. The van der Waals surface area contributed by atoms with Gasteiger partial charge in [0, 0.05) is 55.0 Å². The lowest BCUT2D eigenvalue weighted by molar-refractivity contribution is 1.06. The van der Waals surface area contributed by atoms with Crippen LogP contribution < -0.4 is 0 Å². The first-order valence-corrected chi connectivity index (χ1v) is 24.5. The number of hydrogen-bond donors (Lipinski definition) is 0. The van der Waals surface area contributed by atoms with Crippen molar-refractivity contribution in [3.05, 3.63) is 258 Å². The molecule has 0 bridgehead atoms. The average molecular weight is 968 g/mol. The first-order chi connectivity index (χ1) is 37.5. The second-order valence-corrected chi connectivity index (χ2v) is 18.4. The van der Waals surface area contributed by atoms with Crippen LogP contribution in [0.4, 0.5) is 11.4 Å². The van der Waals surface area contributed by atoms with Gasteiger partial charge in [-0.15, -0.1) is 0 Å². The van der Waals surface area contributed by atoms with Crippen molar-refractivity contribution in [1.29, 1.82) is 10.5 Å². The Morgan fingerprint density at radius 1 is 0.382 bits per heavy atom. The van der Waals surface area contributed by atoms with E-state index in [1.807, 2.05) is 91.0 Å². The highest BCUT2D eigenvalue weighted by Gasteiger charge is 2.24. The summed E-state index contributed by atoms with van der Waals surface area (Å²) >= 11 is 0. The van der Waals surface area contributed by atoms with E-state index < -0.39 is 0 Å². The Labute approximate surface area is 437 Å². The van der Waals surface area contributed by atoms with Crippen LogP contribution in [0.25, 0.3) is 132 Å². The second kappa shape index (κ2) is 18.4. The van der Waals surface area contributed by atoms with Gasteiger partial charge in [0.2, 0.25) is 0 Å². The zero-order valence-corrected chi connectivity index (χ0v) is 40.4. The Hall–Kier alpha value is -11.2. The lowest BCUT2D eigenvalue weighted by Crippen LogP contribution is -2.04. The molecule has 0 fully saturated rings. The van der Waals surface area contributed by atoms with Gasteiger partial charge in [-0.2, -0.15) is 10.5 Å². The van der Waals surface area contributed by atoms with Crippen LogP contribution in [-0.4, -0.2) is 24.1 Å². The minimum atomic E-state index is 0.371. The molecule has 9 heteroatoms. The molecule has 76 heavy (non-hydrogen) atoms. The van der Waals surface area contributed by atoms with Crippen molar-refractivity contribution in [3.63, 3.8) is 0 Å². The van der Waals surface area contributed by atoms with Gasteiger partial charge in [0.05, 0.1) is 53.0 Å². The van der Waals surface area contributed by atoms with Crippen LogP contribution in [0.5, 0.6) is 0 Å². The molecule has 10 aromatic carbocycles. The van der Waals surface area contributed by atoms with E-state index in [2.05, 4.69) is 140 Å². The molecule has 13 rings (SSSR count). The summed E-state index contributed by atoms with van der Waals surface area (Å²) < 4.78 is 4.55. The fourth-order valence-corrected chi connectivity index (χ4v) is 10.6. The average Bonchev–Trinajstić information content (AvgIpc) is 4.07. The molecular formula is C67H37N9. The predicted molar refractivity (Wildman–Crippen MR) is 303 cm³/mol. The Kier molecular flexibility index (Phi) is 10.8. The monoisotopic (exact) mass is 967 g/mol. The molecule has 0 saturated carbocycles. The molecule has 0 aliphatic carbocycles. The summed E-state index contributed by atoms with van der Waals surface area (Å²) in [5.74, 6) is 1.48. The highest BCUT2D eigenvalue weighted by molar-refractivity contribution is 6.16. The summed E-state index contributed by atoms with van der Waals surface area (Å²) in [7, 11) is 0. The number of nitriles is 2. The molecule has 0 radical (unpaired) electrons. The molecule has 0 aliphatic rings. The SMILES string of the molecule is [C-]#[N+]c1ccc(-c2ccc3c4ccc(-c5ccc(C#N)cc5[N+]#[C-])cc4n(-c4ccc(-c5cccc6c5c5ccccc5n6-c5ccccc5)cc4-c4nc(-c5ccccc5)nc(-c5ccccc5)n4)c3c2)c(C#N)c1. The van der Waals surface area contributed by atoms with Crippen LogP contribution in [0.15, 0.2) is 224 Å². The van der Waals surface area contributed by atoms with Gasteiger partial charge in [-0.1, -0.05) is 158 Å². The minimum absolute atomic E-state index is 0.371. The Morgan fingerprint density at radius 3 is 1.63 bits per heavy atom. The van der Waals surface area contributed by atoms with Gasteiger partial charge in [0.25, 0.3) is 0 Å². The largest absolute Gasteiger partial charge is 0.309 e. The Balaban J connectivity index is 1.15. The number of aromatic nitrogens is 5. The highest BCUT2D eigenvalue weighted by Crippen LogP contribution is 2.45. The van der Waals surface area contributed by atoms with Crippen LogP contribution in [-0.2, 0) is 0 Å². The van der Waals surface area contributed by atoms with Gasteiger partial charge in [-0.05, 0) is 100 Å². The van der Waals surface area contributed by atoms with Crippen molar-refractivity contribution in [2.75, 3.05) is 0 Å². The molecular weight excluding hydrogens is 931 g/mol. The number of hydrogen-bond acceptors (Lipinski definition) is 5. The summed E-state index contributed by atoms with van der Waals surface area (Å²) in [5, 5.41) is 24.3. The molecule has 350 valence electrons. The molecule has 0 spiro atoms. The summed E-state index contributed by atoms with van der Waals surface area (Å²) in [5.41, 5.74) is 14.6. The van der Waals surface area contributed by atoms with E-state index in [0.29, 0.717) is 51.1 Å². The van der Waals surface area contributed by atoms with Crippen LogP contribution in [0.2, 0.25) is 0 Å². The molecule has 3 heterocycles. The molecule has 0 amide bonds. The molecule has 0 aliphatic heterocycles. The van der Waals surface area contributed by atoms with Crippen molar-refractivity contribution in [2.24, 2.45) is 0 Å². The van der Waals surface area contributed by atoms with Crippen molar-refractivity contribution < 1.29 is 0 Å². The van der Waals surface area contributed by atoms with Crippen molar-refractivity contribution in [2.45, 2.75) is 0 Å². The molecule has 0 unspecified atom stereocenters. The molecule has 0 atom stereocenters. The fourth-order valence-electron chi connectivity index (χ4n) is 10.6. The number of benzene rings is 10. The third-order valence-electron chi connectivity index (χ3n) is 14.1. The maximum absolute atomic E-state index is 10.4. The first kappa shape index (κ1) is 44.7. The second-order valence-electron chi connectivity index (χ2n) is 18.4. The third-order valence-corrected chi connectivity index (χ3v) is 14.1. The van der Waals surface area contributed by atoms with Gasteiger partial charge < -0.3 is 9.13 Å². The third kappa shape index (κ3) is 7.49. The van der Waals surface area contributed by atoms with Crippen LogP contribution >= 0.6 is 0 Å². The standard InChI is InChI=1S/C67H37N9/c1-70-49-29-33-51(48(36-49)41-69)46-26-31-54-55-32-27-47(52-30-25-42(40-68)35-58(52)71-2)39-63(55)76(62(54)38-46)60-34-28-45(53-22-14-24-61-64(53)56-21-12-13-23-59(56)75(61)50-19-10-5-11-20-50)37-57(60)67-73-65(43-15-6-3-7-16-43)72-66(74-67)44-17-8-4-9-18-44/h3-39H. The van der Waals surface area contributed by atoms with E-state index in [0.717, 1.165) is 93.9 Å². The number of fused-ring (bicyclic) bond motifs is 6. The van der Waals surface area contributed by atoms with Crippen molar-refractivity contribution in [1.82, 2.24) is 24.1 Å². The van der Waals surface area contributed by atoms with Gasteiger partial charge in [-0.25, -0.2) is 24.6 Å². The topological polar surface area (TPSA) is 105 Å². The summed E-state index contributed by atoms with van der Waals surface area (Å²) in [6, 6.07) is 79.2. The first-order valence-electron chi connectivity index (χ1n) is 24.5. The number of nitrogens with zero attached hydrogens (tertiary/aromatic N) is 9. The summed E-state index contributed by atoms with van der Waals surface area (Å²) in [4.78, 5) is 23.3. The van der Waals surface area contributed by atoms with Crippen molar-refractivity contribution >= 4 is 55.0 Å². The number of para-hydroxylation sites is 2. The van der Waals surface area contributed by atoms with Crippen LogP contribution in [0.1, 0.15) is 11.1 Å². The molecule has 0 saturated heterocycles. The zero-order valence-electron chi connectivity index (χ0n) is 40.4. The van der Waals surface area contributed by atoms with Gasteiger partial charge in [0.15, 0.2) is 28.8 Å². The highest BCUT2D eigenvalue weighted by atomic mass is 15.1. The molecule has 0 N–H and O–H groups in total. The normalized spacial score (nSPS) is 11.1. The molecule has 13 aromatic rings. The van der Waals surface area contributed by atoms with E-state index >= 15 is 0 Å². The Morgan fingerprint density at radius 2 is 0.974 bits per heavy atom. The maximum atomic E-state index is 10.4. The fraction of sp³-hybridized carbons (Fsp3) is 0. The van der Waals surface area contributed by atoms with Crippen molar-refractivity contribution in [3.8, 4) is 91.1 Å². The molecule has 3 aromatic heterocycles. The van der Waals surface area contributed by atoms with Gasteiger partial charge in [0.1, 0.15) is 0 Å². The van der Waals surface area contributed by atoms with E-state index in [1.54, 1.807) is 24.3 Å². The molecule has 9 nitrogen and oxygen atoms in total. The number of rotatable bonds is 8. The van der Waals surface area contributed by atoms with E-state index in [9.17, 15) is 10.5 Å². The predicted octanol–water partition coefficient (Wildman–Crippen LogP) is 16.9. The minimum Gasteiger partial charge on any atom is -0.309 e. The summed E-state index contributed by atoms with van der Waals surface area (Å²) in [6.07, 6.45) is 0. The van der Waals surface area contributed by atoms with Crippen LogP contribution in [0, 0.1) is 35.8 Å². The van der Waals surface area contributed by atoms with E-state index in [4.69, 9.17) is 28.1 Å². The maximum Gasteiger partial charge on any atom is 0.196 e. The van der Waals surface area contributed by atoms with E-state index in [1.165, 1.54) is 0 Å².